The maximum atomic E-state index is 13.5. The van der Waals surface area contributed by atoms with Crippen molar-refractivity contribution in [3.63, 3.8) is 0 Å². The second kappa shape index (κ2) is 8.65. The van der Waals surface area contributed by atoms with Crippen LogP contribution in [-0.4, -0.2) is 31.0 Å². The van der Waals surface area contributed by atoms with Crippen LogP contribution in [0.15, 0.2) is 66.7 Å². The lowest BCUT2D eigenvalue weighted by Crippen LogP contribution is -2.41. The molecule has 1 amide bonds. The number of nitrogens with zero attached hydrogens (tertiary/aromatic N) is 1. The second-order valence-electron chi connectivity index (χ2n) is 7.56. The summed E-state index contributed by atoms with van der Waals surface area (Å²) in [5, 5.41) is 11.9. The summed E-state index contributed by atoms with van der Waals surface area (Å²) in [6.07, 6.45) is -0.451. The number of carbonyl (C=O) groups excluding carboxylic acids is 2. The molecule has 1 unspecified atom stereocenters. The molecule has 0 saturated carbocycles. The minimum Gasteiger partial charge on any atom is -0.497 e. The van der Waals surface area contributed by atoms with Crippen molar-refractivity contribution in [3.05, 3.63) is 88.4 Å². The number of carbonyl (C=O) groups is 2. The van der Waals surface area contributed by atoms with Crippen LogP contribution in [0.1, 0.15) is 27.9 Å². The monoisotopic (exact) mass is 451 g/mol. The van der Waals surface area contributed by atoms with Crippen molar-refractivity contribution >= 4 is 29.0 Å². The van der Waals surface area contributed by atoms with E-state index in [-0.39, 0.29) is 12.1 Å². The van der Waals surface area contributed by atoms with Crippen LogP contribution in [0.2, 0.25) is 5.02 Å². The van der Waals surface area contributed by atoms with E-state index in [1.54, 1.807) is 30.3 Å². The molecule has 1 aliphatic heterocycles. The zero-order chi connectivity index (χ0) is 22.9. The van der Waals surface area contributed by atoms with E-state index >= 15 is 0 Å². The van der Waals surface area contributed by atoms with E-state index in [1.165, 1.54) is 25.2 Å². The Hall–Kier alpha value is -3.35. The fraction of sp³-hybridized carbons (Fsp3) is 0.200. The first-order valence-corrected chi connectivity index (χ1v) is 10.4. The maximum absolute atomic E-state index is 13.5. The Labute approximate surface area is 191 Å². The molecule has 0 aliphatic carbocycles. The summed E-state index contributed by atoms with van der Waals surface area (Å²) in [5.74, 6) is -0.177. The van der Waals surface area contributed by atoms with E-state index in [4.69, 9.17) is 21.1 Å². The fourth-order valence-electron chi connectivity index (χ4n) is 3.97. The van der Waals surface area contributed by atoms with E-state index in [1.807, 2.05) is 30.3 Å². The van der Waals surface area contributed by atoms with Gasteiger partial charge in [-0.1, -0.05) is 41.9 Å². The first-order valence-electron chi connectivity index (χ1n) is 10.0. The van der Waals surface area contributed by atoms with E-state index < -0.39 is 23.7 Å². The van der Waals surface area contributed by atoms with Gasteiger partial charge in [0, 0.05) is 16.7 Å². The minimum absolute atomic E-state index is 0.250. The number of methoxy groups -OCH3 is 2. The standard InChI is InChI=1S/C25H22ClNO5/c1-31-18-9-10-19(23(13-18)32-2)22(28)14-25(30)20-12-17(26)8-11-21(20)27(24(25)29)15-16-6-4-3-5-7-16/h3-13,30H,14-15H2,1-2H3. The van der Waals surface area contributed by atoms with Crippen molar-refractivity contribution in [2.45, 2.75) is 18.6 Å². The van der Waals surface area contributed by atoms with Gasteiger partial charge in [0.15, 0.2) is 11.4 Å². The van der Waals surface area contributed by atoms with E-state index in [0.29, 0.717) is 27.8 Å². The number of anilines is 1. The van der Waals surface area contributed by atoms with Crippen LogP contribution in [0, 0.1) is 0 Å². The first kappa shape index (κ1) is 21.9. The smallest absolute Gasteiger partial charge is 0.264 e. The number of benzene rings is 3. The van der Waals surface area contributed by atoms with Crippen LogP contribution < -0.4 is 14.4 Å². The summed E-state index contributed by atoms with van der Waals surface area (Å²) in [6, 6.07) is 19.1. The molecule has 6 nitrogen and oxygen atoms in total. The molecule has 1 atom stereocenters. The number of halogens is 1. The van der Waals surface area contributed by atoms with Gasteiger partial charge in [0.1, 0.15) is 11.5 Å². The van der Waals surface area contributed by atoms with Crippen molar-refractivity contribution in [1.82, 2.24) is 0 Å². The van der Waals surface area contributed by atoms with Gasteiger partial charge >= 0.3 is 0 Å². The summed E-state index contributed by atoms with van der Waals surface area (Å²) in [6.45, 7) is 0.261. The SMILES string of the molecule is COc1ccc(C(=O)CC2(O)C(=O)N(Cc3ccccc3)c3ccc(Cl)cc32)c(OC)c1. The van der Waals surface area contributed by atoms with E-state index in [0.717, 1.165) is 5.56 Å². The van der Waals surface area contributed by atoms with Crippen LogP contribution in [0.4, 0.5) is 5.69 Å². The van der Waals surface area contributed by atoms with Gasteiger partial charge in [-0.2, -0.15) is 0 Å². The molecule has 3 aromatic rings. The number of hydrogen-bond acceptors (Lipinski definition) is 5. The molecule has 1 N–H and O–H groups in total. The van der Waals surface area contributed by atoms with Gasteiger partial charge in [0.2, 0.25) is 0 Å². The molecular weight excluding hydrogens is 430 g/mol. The molecule has 7 heteroatoms. The van der Waals surface area contributed by atoms with Gasteiger partial charge in [-0.05, 0) is 35.9 Å². The number of ketones is 1. The molecule has 0 spiro atoms. The van der Waals surface area contributed by atoms with Crippen LogP contribution in [0.3, 0.4) is 0 Å². The van der Waals surface area contributed by atoms with Crippen molar-refractivity contribution in [3.8, 4) is 11.5 Å². The summed E-state index contributed by atoms with van der Waals surface area (Å²) in [7, 11) is 2.95. The summed E-state index contributed by atoms with van der Waals surface area (Å²) in [4.78, 5) is 28.1. The topological polar surface area (TPSA) is 76.1 Å². The number of rotatable bonds is 7. The van der Waals surface area contributed by atoms with Crippen molar-refractivity contribution < 1.29 is 24.2 Å². The molecule has 1 heterocycles. The van der Waals surface area contributed by atoms with Crippen molar-refractivity contribution in [2.24, 2.45) is 0 Å². The third-order valence-electron chi connectivity index (χ3n) is 5.60. The number of hydrogen-bond donors (Lipinski definition) is 1. The summed E-state index contributed by atoms with van der Waals surface area (Å²) < 4.78 is 10.5. The van der Waals surface area contributed by atoms with Gasteiger partial charge in [-0.3, -0.25) is 9.59 Å². The highest BCUT2D eigenvalue weighted by atomic mass is 35.5. The maximum Gasteiger partial charge on any atom is 0.264 e. The van der Waals surface area contributed by atoms with Crippen molar-refractivity contribution in [1.29, 1.82) is 0 Å². The molecule has 3 aromatic carbocycles. The lowest BCUT2D eigenvalue weighted by atomic mass is 9.88. The molecular formula is C25H22ClNO5. The largest absolute Gasteiger partial charge is 0.497 e. The number of ether oxygens (including phenoxy) is 2. The van der Waals surface area contributed by atoms with Gasteiger partial charge < -0.3 is 19.5 Å². The summed E-state index contributed by atoms with van der Waals surface area (Å²) >= 11 is 6.18. The zero-order valence-corrected chi connectivity index (χ0v) is 18.4. The molecule has 1 aliphatic rings. The zero-order valence-electron chi connectivity index (χ0n) is 17.7. The van der Waals surface area contributed by atoms with Crippen LogP contribution >= 0.6 is 11.6 Å². The molecule has 164 valence electrons. The predicted octanol–water partition coefficient (Wildman–Crippen LogP) is 4.36. The molecule has 0 radical (unpaired) electrons. The van der Waals surface area contributed by atoms with E-state index in [2.05, 4.69) is 0 Å². The lowest BCUT2D eigenvalue weighted by Gasteiger charge is -2.23. The highest BCUT2D eigenvalue weighted by Gasteiger charge is 2.51. The first-order chi connectivity index (χ1) is 15.4. The van der Waals surface area contributed by atoms with Crippen LogP contribution in [0.25, 0.3) is 0 Å². The molecule has 4 rings (SSSR count). The molecule has 0 aromatic heterocycles. The predicted molar refractivity (Wildman–Crippen MR) is 121 cm³/mol. The fourth-order valence-corrected chi connectivity index (χ4v) is 4.15. The highest BCUT2D eigenvalue weighted by molar-refractivity contribution is 6.31. The Morgan fingerprint density at radius 1 is 1.03 bits per heavy atom. The normalized spacial score (nSPS) is 17.2. The van der Waals surface area contributed by atoms with Crippen molar-refractivity contribution in [2.75, 3.05) is 19.1 Å². The number of fused-ring (bicyclic) bond motifs is 1. The summed E-state index contributed by atoms with van der Waals surface area (Å²) in [5.41, 5.74) is -0.0578. The van der Waals surface area contributed by atoms with E-state index in [9.17, 15) is 14.7 Å². The Kier molecular flexibility index (Phi) is 5.91. The number of aliphatic hydroxyl groups is 1. The second-order valence-corrected chi connectivity index (χ2v) is 8.00. The number of amides is 1. The van der Waals surface area contributed by atoms with Crippen LogP contribution in [-0.2, 0) is 16.9 Å². The molecule has 0 bridgehead atoms. The highest BCUT2D eigenvalue weighted by Crippen LogP contribution is 2.45. The Bertz CT molecular complexity index is 1180. The Morgan fingerprint density at radius 2 is 1.78 bits per heavy atom. The molecule has 0 fully saturated rings. The average molecular weight is 452 g/mol. The Balaban J connectivity index is 1.71. The molecule has 0 saturated heterocycles. The molecule has 32 heavy (non-hydrogen) atoms. The number of Topliss-reactive ketones (excluding diaryl/α,β-unsaturated/α-hetero) is 1. The van der Waals surface area contributed by atoms with Gasteiger partial charge in [0.05, 0.1) is 38.4 Å². The minimum atomic E-state index is -2.04. The lowest BCUT2D eigenvalue weighted by molar-refractivity contribution is -0.136. The van der Waals surface area contributed by atoms with Gasteiger partial charge in [0.25, 0.3) is 5.91 Å². The van der Waals surface area contributed by atoms with Crippen LogP contribution in [0.5, 0.6) is 11.5 Å². The average Bonchev–Trinajstić information content (AvgIpc) is 3.00. The third kappa shape index (κ3) is 3.83. The quantitative estimate of drug-likeness (QED) is 0.540. The van der Waals surface area contributed by atoms with Gasteiger partial charge in [-0.15, -0.1) is 0 Å². The third-order valence-corrected chi connectivity index (χ3v) is 5.84. The van der Waals surface area contributed by atoms with Gasteiger partial charge in [-0.25, -0.2) is 0 Å². The Morgan fingerprint density at radius 3 is 2.47 bits per heavy atom.